The minimum absolute atomic E-state index is 0.255. The average Bonchev–Trinajstić information content (AvgIpc) is 3.27. The van der Waals surface area contributed by atoms with Crippen molar-refractivity contribution in [3.63, 3.8) is 0 Å². The molecule has 1 aliphatic rings. The van der Waals surface area contributed by atoms with Gasteiger partial charge in [0.15, 0.2) is 5.71 Å². The molecule has 3 aromatic rings. The van der Waals surface area contributed by atoms with Crippen molar-refractivity contribution in [2.24, 2.45) is 10.2 Å². The van der Waals surface area contributed by atoms with Gasteiger partial charge in [0, 0.05) is 16.5 Å². The van der Waals surface area contributed by atoms with Crippen LogP contribution in [0.5, 0.6) is 5.75 Å². The SMILES string of the molecule is CCOc1cccc(N/N=C2/C(=O)N(c3nc(-c4ccccc4)c(C)s3)N=C2C)c1. The highest BCUT2D eigenvalue weighted by Gasteiger charge is 2.33. The third-order valence-electron chi connectivity index (χ3n) is 4.44. The van der Waals surface area contributed by atoms with Crippen LogP contribution >= 0.6 is 11.3 Å². The van der Waals surface area contributed by atoms with Crippen molar-refractivity contribution in [3.05, 3.63) is 59.5 Å². The van der Waals surface area contributed by atoms with Crippen LogP contribution in [0.1, 0.15) is 18.7 Å². The zero-order valence-electron chi connectivity index (χ0n) is 16.9. The lowest BCUT2D eigenvalue weighted by molar-refractivity contribution is -0.112. The fourth-order valence-corrected chi connectivity index (χ4v) is 3.92. The van der Waals surface area contributed by atoms with Crippen molar-refractivity contribution >= 4 is 39.5 Å². The lowest BCUT2D eigenvalue weighted by Crippen LogP contribution is -2.27. The number of carbonyl (C=O) groups excluding carboxylic acids is 1. The van der Waals surface area contributed by atoms with E-state index in [1.807, 2.05) is 68.4 Å². The van der Waals surface area contributed by atoms with E-state index in [-0.39, 0.29) is 11.6 Å². The first kappa shape index (κ1) is 19.8. The van der Waals surface area contributed by atoms with Crippen molar-refractivity contribution < 1.29 is 9.53 Å². The molecule has 2 aromatic carbocycles. The molecule has 2 heterocycles. The first-order chi connectivity index (χ1) is 14.6. The number of aryl methyl sites for hydroxylation is 1. The Hall–Kier alpha value is -3.52. The highest BCUT2D eigenvalue weighted by molar-refractivity contribution is 7.16. The summed E-state index contributed by atoms with van der Waals surface area (Å²) >= 11 is 1.43. The van der Waals surface area contributed by atoms with Crippen LogP contribution in [0.4, 0.5) is 10.8 Å². The molecule has 4 rings (SSSR count). The lowest BCUT2D eigenvalue weighted by Gasteiger charge is -2.07. The summed E-state index contributed by atoms with van der Waals surface area (Å²) in [6.07, 6.45) is 0. The highest BCUT2D eigenvalue weighted by Crippen LogP contribution is 2.33. The fourth-order valence-electron chi connectivity index (χ4n) is 3.04. The molecule has 7 nitrogen and oxygen atoms in total. The number of benzene rings is 2. The Labute approximate surface area is 178 Å². The summed E-state index contributed by atoms with van der Waals surface area (Å²) in [6, 6.07) is 17.3. The number of nitrogens with zero attached hydrogens (tertiary/aromatic N) is 4. The third-order valence-corrected chi connectivity index (χ3v) is 5.39. The van der Waals surface area contributed by atoms with Gasteiger partial charge in [-0.2, -0.15) is 15.2 Å². The molecule has 1 N–H and O–H groups in total. The van der Waals surface area contributed by atoms with E-state index in [4.69, 9.17) is 4.74 Å². The predicted molar refractivity (Wildman–Crippen MR) is 122 cm³/mol. The fraction of sp³-hybridized carbons (Fsp3) is 0.182. The molecule has 8 heteroatoms. The van der Waals surface area contributed by atoms with Gasteiger partial charge in [-0.25, -0.2) is 4.98 Å². The van der Waals surface area contributed by atoms with Crippen molar-refractivity contribution in [2.45, 2.75) is 20.8 Å². The Bertz CT molecular complexity index is 1140. The monoisotopic (exact) mass is 419 g/mol. The summed E-state index contributed by atoms with van der Waals surface area (Å²) in [5.74, 6) is 0.425. The van der Waals surface area contributed by atoms with Gasteiger partial charge in [0.25, 0.3) is 0 Å². The number of anilines is 2. The normalized spacial score (nSPS) is 14.9. The van der Waals surface area contributed by atoms with Crippen molar-refractivity contribution in [3.8, 4) is 17.0 Å². The van der Waals surface area contributed by atoms with E-state index < -0.39 is 0 Å². The molecule has 0 bridgehead atoms. The molecule has 1 aromatic heterocycles. The second-order valence-electron chi connectivity index (χ2n) is 6.60. The number of carbonyl (C=O) groups is 1. The van der Waals surface area contributed by atoms with Gasteiger partial charge >= 0.3 is 5.91 Å². The van der Waals surface area contributed by atoms with Gasteiger partial charge < -0.3 is 4.74 Å². The quantitative estimate of drug-likeness (QED) is 0.587. The molecule has 1 aliphatic heterocycles. The summed E-state index contributed by atoms with van der Waals surface area (Å²) in [4.78, 5) is 18.6. The molecule has 0 aliphatic carbocycles. The van der Waals surface area contributed by atoms with Crippen LogP contribution in [0.15, 0.2) is 64.8 Å². The molecule has 0 radical (unpaired) electrons. The number of rotatable bonds is 6. The molecular formula is C22H21N5O2S. The Morgan fingerprint density at radius 1 is 1.13 bits per heavy atom. The second-order valence-corrected chi connectivity index (χ2v) is 7.78. The minimum Gasteiger partial charge on any atom is -0.494 e. The highest BCUT2D eigenvalue weighted by atomic mass is 32.1. The molecule has 0 saturated carbocycles. The van der Waals surface area contributed by atoms with E-state index in [2.05, 4.69) is 20.6 Å². The van der Waals surface area contributed by atoms with Gasteiger partial charge in [-0.3, -0.25) is 10.2 Å². The maximum Gasteiger partial charge on any atom is 0.303 e. The average molecular weight is 420 g/mol. The molecule has 0 spiro atoms. The number of thiazole rings is 1. The molecule has 0 unspecified atom stereocenters. The second kappa shape index (κ2) is 8.46. The number of hydrogen-bond acceptors (Lipinski definition) is 7. The van der Waals surface area contributed by atoms with Crippen LogP contribution in [0.25, 0.3) is 11.3 Å². The number of aromatic nitrogens is 1. The summed E-state index contributed by atoms with van der Waals surface area (Å²) < 4.78 is 5.49. The molecule has 152 valence electrons. The molecule has 0 atom stereocenters. The van der Waals surface area contributed by atoms with E-state index in [1.165, 1.54) is 16.3 Å². The van der Waals surface area contributed by atoms with Gasteiger partial charge in [0.1, 0.15) is 5.75 Å². The van der Waals surface area contributed by atoms with Gasteiger partial charge in [-0.1, -0.05) is 47.7 Å². The predicted octanol–water partition coefficient (Wildman–Crippen LogP) is 4.71. The van der Waals surface area contributed by atoms with Crippen LogP contribution in [-0.4, -0.2) is 28.9 Å². The topological polar surface area (TPSA) is 79.2 Å². The molecule has 1 amide bonds. The zero-order valence-corrected chi connectivity index (χ0v) is 17.7. The standard InChI is InChI=1S/C22H21N5O2S/c1-4-29-18-12-8-11-17(13-18)24-25-19-14(2)26-27(21(19)28)22-23-20(15(3)30-22)16-9-6-5-7-10-16/h5-13,24H,4H2,1-3H3/b25-19+. The first-order valence-electron chi connectivity index (χ1n) is 9.56. The van der Waals surface area contributed by atoms with E-state index in [0.717, 1.165) is 27.6 Å². The summed E-state index contributed by atoms with van der Waals surface area (Å²) in [5, 5.41) is 10.5. The molecule has 0 fully saturated rings. The summed E-state index contributed by atoms with van der Waals surface area (Å²) in [5.41, 5.74) is 6.30. The van der Waals surface area contributed by atoms with E-state index in [1.54, 1.807) is 6.92 Å². The first-order valence-corrected chi connectivity index (χ1v) is 10.4. The van der Waals surface area contributed by atoms with Gasteiger partial charge in [-0.15, -0.1) is 0 Å². The van der Waals surface area contributed by atoms with Gasteiger partial charge in [0.05, 0.1) is 23.7 Å². The van der Waals surface area contributed by atoms with E-state index >= 15 is 0 Å². The number of ether oxygens (including phenoxy) is 1. The third kappa shape index (κ3) is 3.95. The number of amides is 1. The van der Waals surface area contributed by atoms with Crippen molar-refractivity contribution in [1.82, 2.24) is 4.98 Å². The van der Waals surface area contributed by atoms with Crippen molar-refractivity contribution in [1.29, 1.82) is 0 Å². The number of hydrazone groups is 2. The van der Waals surface area contributed by atoms with Gasteiger partial charge in [-0.05, 0) is 32.9 Å². The van der Waals surface area contributed by atoms with Crippen LogP contribution in [0.2, 0.25) is 0 Å². The van der Waals surface area contributed by atoms with Crippen LogP contribution < -0.4 is 15.2 Å². The minimum atomic E-state index is -0.311. The molecule has 0 saturated heterocycles. The number of nitrogens with one attached hydrogen (secondary N) is 1. The Kier molecular flexibility index (Phi) is 5.58. The zero-order chi connectivity index (χ0) is 21.1. The number of hydrogen-bond donors (Lipinski definition) is 1. The van der Waals surface area contributed by atoms with Crippen LogP contribution in [0, 0.1) is 6.92 Å². The Balaban J connectivity index is 1.55. The van der Waals surface area contributed by atoms with Crippen molar-refractivity contribution in [2.75, 3.05) is 17.0 Å². The Morgan fingerprint density at radius 2 is 1.93 bits per heavy atom. The molecular weight excluding hydrogens is 398 g/mol. The maximum absolute atomic E-state index is 12.9. The lowest BCUT2D eigenvalue weighted by atomic mass is 10.1. The van der Waals surface area contributed by atoms with Crippen LogP contribution in [0.3, 0.4) is 0 Å². The van der Waals surface area contributed by atoms with E-state index in [0.29, 0.717) is 17.5 Å². The summed E-state index contributed by atoms with van der Waals surface area (Å²) in [7, 11) is 0. The maximum atomic E-state index is 12.9. The largest absolute Gasteiger partial charge is 0.494 e. The summed E-state index contributed by atoms with van der Waals surface area (Å²) in [6.45, 7) is 6.25. The smallest absolute Gasteiger partial charge is 0.303 e. The van der Waals surface area contributed by atoms with E-state index in [9.17, 15) is 4.79 Å². The van der Waals surface area contributed by atoms with Gasteiger partial charge in [0.2, 0.25) is 5.13 Å². The Morgan fingerprint density at radius 3 is 2.70 bits per heavy atom. The molecule has 30 heavy (non-hydrogen) atoms. The van der Waals surface area contributed by atoms with Crippen LogP contribution in [-0.2, 0) is 4.79 Å².